The minimum atomic E-state index is -0.296. The lowest BCUT2D eigenvalue weighted by Crippen LogP contribution is -2.34. The number of ether oxygens (including phenoxy) is 2. The average molecular weight is 344 g/mol. The third-order valence-electron chi connectivity index (χ3n) is 3.04. The van der Waals surface area contributed by atoms with Crippen molar-refractivity contribution in [3.8, 4) is 11.5 Å². The first kappa shape index (κ1) is 17.7. The van der Waals surface area contributed by atoms with Crippen molar-refractivity contribution in [3.63, 3.8) is 0 Å². The molecule has 2 rings (SSSR count). The molecule has 0 aliphatic carbocycles. The monoisotopic (exact) mass is 344 g/mol. The first-order chi connectivity index (χ1) is 11.5. The molecular formula is C18H20N2O3S. The lowest BCUT2D eigenvalue weighted by molar-refractivity contribution is 0.0977. The largest absolute Gasteiger partial charge is 0.497 e. The van der Waals surface area contributed by atoms with Crippen LogP contribution in [0, 0.1) is 0 Å². The van der Waals surface area contributed by atoms with Gasteiger partial charge in [0.05, 0.1) is 13.2 Å². The normalized spacial score (nSPS) is 10.2. The highest BCUT2D eigenvalue weighted by molar-refractivity contribution is 7.80. The van der Waals surface area contributed by atoms with E-state index < -0.39 is 0 Å². The molecule has 0 saturated heterocycles. The van der Waals surface area contributed by atoms with Crippen molar-refractivity contribution < 1.29 is 14.3 Å². The number of methoxy groups -OCH3 is 1. The SMILES string of the molecule is COc1ccc(NC(=S)NC(=O)c2cccc(OC(C)C)c2)cc1. The summed E-state index contributed by atoms with van der Waals surface area (Å²) in [6, 6.07) is 14.2. The standard InChI is InChI=1S/C18H20N2O3S/c1-12(2)23-16-6-4-5-13(11-16)17(21)20-18(24)19-14-7-9-15(22-3)10-8-14/h4-12H,1-3H3,(H2,19,20,21,24). The maximum absolute atomic E-state index is 12.3. The Kier molecular flexibility index (Phi) is 6.14. The van der Waals surface area contributed by atoms with Crippen LogP contribution < -0.4 is 20.1 Å². The van der Waals surface area contributed by atoms with Crippen molar-refractivity contribution in [3.05, 3.63) is 54.1 Å². The van der Waals surface area contributed by atoms with Gasteiger partial charge < -0.3 is 14.8 Å². The molecule has 5 nitrogen and oxygen atoms in total. The molecule has 0 unspecified atom stereocenters. The number of carbonyl (C=O) groups is 1. The van der Waals surface area contributed by atoms with Gasteiger partial charge in [-0.3, -0.25) is 10.1 Å². The van der Waals surface area contributed by atoms with Crippen molar-refractivity contribution >= 4 is 28.9 Å². The van der Waals surface area contributed by atoms with Crippen LogP contribution in [0.3, 0.4) is 0 Å². The molecule has 24 heavy (non-hydrogen) atoms. The van der Waals surface area contributed by atoms with Gasteiger partial charge in [0, 0.05) is 11.3 Å². The zero-order valence-electron chi connectivity index (χ0n) is 13.8. The summed E-state index contributed by atoms with van der Waals surface area (Å²) in [7, 11) is 1.60. The highest BCUT2D eigenvalue weighted by atomic mass is 32.1. The molecule has 0 aliphatic heterocycles. The van der Waals surface area contributed by atoms with E-state index in [1.165, 1.54) is 0 Å². The van der Waals surface area contributed by atoms with Gasteiger partial charge in [0.1, 0.15) is 11.5 Å². The molecule has 0 aliphatic rings. The van der Waals surface area contributed by atoms with Gasteiger partial charge in [-0.15, -0.1) is 0 Å². The molecule has 0 heterocycles. The number of carbonyl (C=O) groups excluding carboxylic acids is 1. The second-order valence-corrected chi connectivity index (χ2v) is 5.74. The number of benzene rings is 2. The van der Waals surface area contributed by atoms with Crippen LogP contribution in [-0.4, -0.2) is 24.2 Å². The van der Waals surface area contributed by atoms with Gasteiger partial charge in [-0.2, -0.15) is 0 Å². The molecule has 2 aromatic rings. The Morgan fingerprint density at radius 1 is 1.08 bits per heavy atom. The predicted molar refractivity (Wildman–Crippen MR) is 98.9 cm³/mol. The van der Waals surface area contributed by atoms with Crippen LogP contribution in [0.15, 0.2) is 48.5 Å². The Morgan fingerprint density at radius 2 is 1.79 bits per heavy atom. The van der Waals surface area contributed by atoms with E-state index in [-0.39, 0.29) is 17.1 Å². The molecule has 0 fully saturated rings. The van der Waals surface area contributed by atoms with E-state index in [2.05, 4.69) is 10.6 Å². The molecule has 6 heteroatoms. The fraction of sp³-hybridized carbons (Fsp3) is 0.222. The summed E-state index contributed by atoms with van der Waals surface area (Å²) < 4.78 is 10.7. The topological polar surface area (TPSA) is 59.6 Å². The zero-order chi connectivity index (χ0) is 17.5. The van der Waals surface area contributed by atoms with Crippen molar-refractivity contribution in [2.75, 3.05) is 12.4 Å². The predicted octanol–water partition coefficient (Wildman–Crippen LogP) is 3.61. The fourth-order valence-corrected chi connectivity index (χ4v) is 2.21. The van der Waals surface area contributed by atoms with Crippen LogP contribution >= 0.6 is 12.2 Å². The van der Waals surface area contributed by atoms with Crippen LogP contribution in [0.25, 0.3) is 0 Å². The highest BCUT2D eigenvalue weighted by Crippen LogP contribution is 2.16. The number of amides is 1. The lowest BCUT2D eigenvalue weighted by Gasteiger charge is -2.12. The summed E-state index contributed by atoms with van der Waals surface area (Å²) in [6.45, 7) is 3.86. The van der Waals surface area contributed by atoms with Gasteiger partial charge >= 0.3 is 0 Å². The van der Waals surface area contributed by atoms with Crippen molar-refractivity contribution in [2.24, 2.45) is 0 Å². The van der Waals surface area contributed by atoms with Gasteiger partial charge in [0.2, 0.25) is 0 Å². The molecule has 0 spiro atoms. The molecule has 0 atom stereocenters. The molecule has 0 bridgehead atoms. The van der Waals surface area contributed by atoms with E-state index in [0.717, 1.165) is 11.4 Å². The minimum Gasteiger partial charge on any atom is -0.497 e. The molecule has 0 saturated carbocycles. The van der Waals surface area contributed by atoms with Crippen LogP contribution in [0.5, 0.6) is 11.5 Å². The van der Waals surface area contributed by atoms with Crippen molar-refractivity contribution in [1.29, 1.82) is 0 Å². The molecule has 126 valence electrons. The lowest BCUT2D eigenvalue weighted by atomic mass is 10.2. The highest BCUT2D eigenvalue weighted by Gasteiger charge is 2.09. The summed E-state index contributed by atoms with van der Waals surface area (Å²) >= 11 is 5.17. The second-order valence-electron chi connectivity index (χ2n) is 5.33. The third kappa shape index (κ3) is 5.24. The van der Waals surface area contributed by atoms with E-state index >= 15 is 0 Å². The average Bonchev–Trinajstić information content (AvgIpc) is 2.55. The summed E-state index contributed by atoms with van der Waals surface area (Å²) in [5, 5.41) is 5.82. The number of anilines is 1. The Morgan fingerprint density at radius 3 is 2.42 bits per heavy atom. The number of thiocarbonyl (C=S) groups is 1. The summed E-state index contributed by atoms with van der Waals surface area (Å²) in [5.41, 5.74) is 1.24. The third-order valence-corrected chi connectivity index (χ3v) is 3.25. The van der Waals surface area contributed by atoms with Crippen LogP contribution in [0.1, 0.15) is 24.2 Å². The summed E-state index contributed by atoms with van der Waals surface area (Å²) in [5.74, 6) is 1.10. The van der Waals surface area contributed by atoms with E-state index in [1.54, 1.807) is 37.4 Å². The molecular weight excluding hydrogens is 324 g/mol. The van der Waals surface area contributed by atoms with Gasteiger partial charge in [0.25, 0.3) is 5.91 Å². The van der Waals surface area contributed by atoms with E-state index in [1.807, 2.05) is 32.0 Å². The van der Waals surface area contributed by atoms with Gasteiger partial charge in [-0.25, -0.2) is 0 Å². The van der Waals surface area contributed by atoms with Crippen molar-refractivity contribution in [1.82, 2.24) is 5.32 Å². The Hall–Kier alpha value is -2.60. The first-order valence-electron chi connectivity index (χ1n) is 7.51. The quantitative estimate of drug-likeness (QED) is 0.812. The zero-order valence-corrected chi connectivity index (χ0v) is 14.6. The Labute approximate surface area is 147 Å². The number of hydrogen-bond acceptors (Lipinski definition) is 4. The van der Waals surface area contributed by atoms with Crippen LogP contribution in [0.4, 0.5) is 5.69 Å². The van der Waals surface area contributed by atoms with E-state index in [0.29, 0.717) is 11.3 Å². The minimum absolute atomic E-state index is 0.0427. The van der Waals surface area contributed by atoms with Gasteiger partial charge in [0.15, 0.2) is 5.11 Å². The molecule has 1 amide bonds. The Balaban J connectivity index is 1.96. The molecule has 0 radical (unpaired) electrons. The maximum atomic E-state index is 12.3. The number of rotatable bonds is 5. The smallest absolute Gasteiger partial charge is 0.257 e. The van der Waals surface area contributed by atoms with Crippen molar-refractivity contribution in [2.45, 2.75) is 20.0 Å². The molecule has 2 N–H and O–H groups in total. The summed E-state index contributed by atoms with van der Waals surface area (Å²) in [6.07, 6.45) is 0.0427. The van der Waals surface area contributed by atoms with E-state index in [4.69, 9.17) is 21.7 Å². The number of hydrogen-bond donors (Lipinski definition) is 2. The van der Waals surface area contributed by atoms with Crippen LogP contribution in [-0.2, 0) is 0 Å². The van der Waals surface area contributed by atoms with Gasteiger partial charge in [-0.05, 0) is 68.5 Å². The number of nitrogens with one attached hydrogen (secondary N) is 2. The van der Waals surface area contributed by atoms with E-state index in [9.17, 15) is 4.79 Å². The maximum Gasteiger partial charge on any atom is 0.257 e. The first-order valence-corrected chi connectivity index (χ1v) is 7.92. The molecule has 0 aromatic heterocycles. The van der Waals surface area contributed by atoms with Gasteiger partial charge in [-0.1, -0.05) is 6.07 Å². The molecule has 2 aromatic carbocycles. The summed E-state index contributed by atoms with van der Waals surface area (Å²) in [4.78, 5) is 12.3. The second kappa shape index (κ2) is 8.31. The van der Waals surface area contributed by atoms with Crippen LogP contribution in [0.2, 0.25) is 0 Å². The fourth-order valence-electron chi connectivity index (χ4n) is 1.99. The Bertz CT molecular complexity index is 714.